The van der Waals surface area contributed by atoms with E-state index in [4.69, 9.17) is 0 Å². The number of rotatable bonds is 5. The molecule has 1 fully saturated rings. The molecule has 0 bridgehead atoms. The summed E-state index contributed by atoms with van der Waals surface area (Å²) in [5.41, 5.74) is 0.680. The quantitative estimate of drug-likeness (QED) is 0.308. The van der Waals surface area contributed by atoms with Crippen LogP contribution in [0.2, 0.25) is 0 Å². The standard InChI is InChI=1S/C24H23N5O5/c1-25-19(20(31)26-2)10-5-14-3-6-16(7-4-14)24(22(33)27-23(34)28-24)13-29-12-15-11-17(30)8-9-18(15)21(29)32/h3-4,6-9,11,19,25,30H,12-13H2,1-2H3,(H,26,31)(H2,27,28,33,34). The fourth-order valence-corrected chi connectivity index (χ4v) is 4.09. The lowest BCUT2D eigenvalue weighted by Crippen LogP contribution is -2.52. The Kier molecular flexibility index (Phi) is 5.96. The van der Waals surface area contributed by atoms with Gasteiger partial charge in [0, 0.05) is 24.7 Å². The first-order valence-corrected chi connectivity index (χ1v) is 10.5. The van der Waals surface area contributed by atoms with Gasteiger partial charge in [0.25, 0.3) is 11.8 Å². The zero-order chi connectivity index (χ0) is 24.5. The molecular weight excluding hydrogens is 438 g/mol. The zero-order valence-electron chi connectivity index (χ0n) is 18.6. The van der Waals surface area contributed by atoms with E-state index in [0.29, 0.717) is 22.3 Å². The van der Waals surface area contributed by atoms with Crippen LogP contribution in [0.15, 0.2) is 42.5 Å². The molecule has 0 aliphatic carbocycles. The molecule has 2 aromatic rings. The van der Waals surface area contributed by atoms with Crippen LogP contribution in [-0.2, 0) is 21.7 Å². The number of phenolic OH excluding ortho intramolecular Hbond substituents is 1. The second-order valence-electron chi connectivity index (χ2n) is 8.00. The molecule has 0 aromatic heterocycles. The van der Waals surface area contributed by atoms with E-state index in [1.807, 2.05) is 0 Å². The van der Waals surface area contributed by atoms with Crippen molar-refractivity contribution < 1.29 is 24.3 Å². The van der Waals surface area contributed by atoms with Crippen molar-refractivity contribution in [1.29, 1.82) is 0 Å². The summed E-state index contributed by atoms with van der Waals surface area (Å²) in [6.45, 7) is 0.101. The van der Waals surface area contributed by atoms with Crippen molar-refractivity contribution in [1.82, 2.24) is 26.2 Å². The Hall–Kier alpha value is -4.36. The number of phenols is 1. The van der Waals surface area contributed by atoms with Crippen molar-refractivity contribution in [2.24, 2.45) is 0 Å². The number of urea groups is 1. The molecule has 2 unspecified atom stereocenters. The number of carbonyl (C=O) groups excluding carboxylic acids is 4. The maximum Gasteiger partial charge on any atom is 0.322 e. The summed E-state index contributed by atoms with van der Waals surface area (Å²) in [4.78, 5) is 51.2. The second kappa shape index (κ2) is 8.88. The van der Waals surface area contributed by atoms with Crippen LogP contribution in [0.3, 0.4) is 0 Å². The number of fused-ring (bicyclic) bond motifs is 1. The number of likely N-dealkylation sites (N-methyl/N-ethyl adjacent to an activating group) is 2. The predicted octanol–water partition coefficient (Wildman–Crippen LogP) is -0.232. The topological polar surface area (TPSA) is 140 Å². The molecule has 2 aromatic carbocycles. The minimum absolute atomic E-state index is 0.0450. The maximum atomic E-state index is 12.9. The minimum Gasteiger partial charge on any atom is -0.508 e. The van der Waals surface area contributed by atoms with Gasteiger partial charge in [0.2, 0.25) is 5.91 Å². The van der Waals surface area contributed by atoms with Crippen molar-refractivity contribution in [3.05, 3.63) is 64.7 Å². The van der Waals surface area contributed by atoms with Crippen LogP contribution >= 0.6 is 0 Å². The molecule has 2 atom stereocenters. The van der Waals surface area contributed by atoms with Crippen LogP contribution in [0.25, 0.3) is 0 Å². The van der Waals surface area contributed by atoms with Crippen LogP contribution in [0.5, 0.6) is 5.75 Å². The molecule has 174 valence electrons. The highest BCUT2D eigenvalue weighted by atomic mass is 16.3. The number of hydrogen-bond acceptors (Lipinski definition) is 6. The molecule has 5 N–H and O–H groups in total. The lowest BCUT2D eigenvalue weighted by Gasteiger charge is -2.31. The van der Waals surface area contributed by atoms with Gasteiger partial charge in [0.05, 0.1) is 6.54 Å². The van der Waals surface area contributed by atoms with Gasteiger partial charge < -0.3 is 20.6 Å². The number of benzene rings is 2. The van der Waals surface area contributed by atoms with Crippen LogP contribution in [0.1, 0.15) is 27.0 Å². The lowest BCUT2D eigenvalue weighted by atomic mass is 9.88. The first kappa shape index (κ1) is 22.8. The minimum atomic E-state index is -1.49. The van der Waals surface area contributed by atoms with Gasteiger partial charge in [0.1, 0.15) is 11.8 Å². The van der Waals surface area contributed by atoms with Gasteiger partial charge in [-0.25, -0.2) is 4.79 Å². The molecule has 10 heteroatoms. The van der Waals surface area contributed by atoms with Crippen LogP contribution in [0, 0.1) is 11.8 Å². The zero-order valence-corrected chi connectivity index (χ0v) is 18.6. The summed E-state index contributed by atoms with van der Waals surface area (Å²) in [7, 11) is 3.15. The summed E-state index contributed by atoms with van der Waals surface area (Å²) in [6, 6.07) is 9.81. The normalized spacial score (nSPS) is 19.6. The molecule has 2 aliphatic rings. The highest BCUT2D eigenvalue weighted by molar-refractivity contribution is 6.08. The molecule has 2 heterocycles. The number of carbonyl (C=O) groups is 4. The second-order valence-corrected chi connectivity index (χ2v) is 8.00. The number of nitrogens with zero attached hydrogens (tertiary/aromatic N) is 1. The molecule has 4 rings (SSSR count). The van der Waals surface area contributed by atoms with Crippen molar-refractivity contribution in [2.45, 2.75) is 18.1 Å². The maximum absolute atomic E-state index is 12.9. The van der Waals surface area contributed by atoms with Crippen molar-refractivity contribution >= 4 is 23.8 Å². The lowest BCUT2D eigenvalue weighted by molar-refractivity contribution is -0.125. The fourth-order valence-electron chi connectivity index (χ4n) is 4.09. The Morgan fingerprint density at radius 3 is 2.53 bits per heavy atom. The first-order valence-electron chi connectivity index (χ1n) is 10.5. The van der Waals surface area contributed by atoms with E-state index >= 15 is 0 Å². The molecule has 10 nitrogen and oxygen atoms in total. The van der Waals surface area contributed by atoms with E-state index in [0.717, 1.165) is 0 Å². The number of amides is 5. The molecule has 0 radical (unpaired) electrons. The van der Waals surface area contributed by atoms with E-state index in [9.17, 15) is 24.3 Å². The average molecular weight is 461 g/mol. The van der Waals surface area contributed by atoms with Crippen molar-refractivity contribution in [3.63, 3.8) is 0 Å². The highest BCUT2D eigenvalue weighted by Crippen LogP contribution is 2.32. The molecular formula is C24H23N5O5. The van der Waals surface area contributed by atoms with E-state index in [-0.39, 0.29) is 30.7 Å². The largest absolute Gasteiger partial charge is 0.508 e. The van der Waals surface area contributed by atoms with Crippen LogP contribution < -0.4 is 21.3 Å². The Morgan fingerprint density at radius 2 is 1.91 bits per heavy atom. The number of nitrogens with one attached hydrogen (secondary N) is 4. The van der Waals surface area contributed by atoms with Crippen molar-refractivity contribution in [3.8, 4) is 17.6 Å². The van der Waals surface area contributed by atoms with Gasteiger partial charge in [-0.3, -0.25) is 25.0 Å². The number of imide groups is 1. The van der Waals surface area contributed by atoms with Gasteiger partial charge in [-0.05, 0) is 48.5 Å². The third kappa shape index (κ3) is 4.04. The molecule has 1 saturated heterocycles. The van der Waals surface area contributed by atoms with E-state index in [2.05, 4.69) is 33.1 Å². The third-order valence-electron chi connectivity index (χ3n) is 5.87. The Morgan fingerprint density at radius 1 is 1.18 bits per heavy atom. The Balaban J connectivity index is 1.62. The Labute approximate surface area is 195 Å². The first-order chi connectivity index (χ1) is 16.3. The van der Waals surface area contributed by atoms with Gasteiger partial charge in [-0.1, -0.05) is 24.0 Å². The van der Waals surface area contributed by atoms with Crippen LogP contribution in [-0.4, -0.2) is 60.4 Å². The van der Waals surface area contributed by atoms with Crippen molar-refractivity contribution in [2.75, 3.05) is 20.6 Å². The summed E-state index contributed by atoms with van der Waals surface area (Å²) < 4.78 is 0. The third-order valence-corrected chi connectivity index (χ3v) is 5.87. The van der Waals surface area contributed by atoms with E-state index in [1.54, 1.807) is 31.3 Å². The summed E-state index contributed by atoms with van der Waals surface area (Å²) in [5.74, 6) is 4.66. The van der Waals surface area contributed by atoms with Gasteiger partial charge in [-0.2, -0.15) is 0 Å². The predicted molar refractivity (Wildman–Crippen MR) is 121 cm³/mol. The van der Waals surface area contributed by atoms with E-state index < -0.39 is 23.5 Å². The molecule has 2 aliphatic heterocycles. The number of aromatic hydroxyl groups is 1. The molecule has 0 spiro atoms. The van der Waals surface area contributed by atoms with Crippen LogP contribution in [0.4, 0.5) is 4.79 Å². The van der Waals surface area contributed by atoms with Gasteiger partial charge in [-0.15, -0.1) is 0 Å². The average Bonchev–Trinajstić information content (AvgIpc) is 3.28. The molecule has 5 amide bonds. The molecule has 0 saturated carbocycles. The number of hydrogen-bond donors (Lipinski definition) is 5. The highest BCUT2D eigenvalue weighted by Gasteiger charge is 2.50. The van der Waals surface area contributed by atoms with E-state index in [1.165, 1.54) is 30.1 Å². The monoisotopic (exact) mass is 461 g/mol. The molecule has 34 heavy (non-hydrogen) atoms. The van der Waals surface area contributed by atoms with Gasteiger partial charge >= 0.3 is 6.03 Å². The fraction of sp³-hybridized carbons (Fsp3) is 0.250. The summed E-state index contributed by atoms with van der Waals surface area (Å²) in [5, 5.41) is 20.0. The smallest absolute Gasteiger partial charge is 0.322 e. The summed E-state index contributed by atoms with van der Waals surface area (Å²) >= 11 is 0. The Bertz CT molecular complexity index is 1250. The van der Waals surface area contributed by atoms with Gasteiger partial charge in [0.15, 0.2) is 5.54 Å². The summed E-state index contributed by atoms with van der Waals surface area (Å²) in [6.07, 6.45) is 0. The SMILES string of the molecule is CNC(=O)C(C#Cc1ccc(C2(CN3Cc4cc(O)ccc4C3=O)NC(=O)NC2=O)cc1)NC.